The highest BCUT2D eigenvalue weighted by atomic mass is 19.4. The summed E-state index contributed by atoms with van der Waals surface area (Å²) in [5, 5.41) is 0. The zero-order chi connectivity index (χ0) is 14.9. The third kappa shape index (κ3) is 2.92. The molecule has 2 rings (SSSR count). The number of aromatic nitrogens is 1. The lowest BCUT2D eigenvalue weighted by molar-refractivity contribution is -0.197. The molecule has 0 bridgehead atoms. The third-order valence-electron chi connectivity index (χ3n) is 3.64. The molecule has 1 aliphatic heterocycles. The van der Waals surface area contributed by atoms with Gasteiger partial charge in [-0.25, -0.2) is 0 Å². The number of hydrogen-bond donors (Lipinski definition) is 0. The van der Waals surface area contributed by atoms with Crippen molar-refractivity contribution in [2.75, 3.05) is 20.1 Å². The standard InChI is InChI=1S/C13H16F3N3O/c1-9-7-19(8-11(18(9)2)13(14,15)16)12(20)10-4-3-5-17-6-10/h3-6,9,11H,7-8H2,1-2H3. The fourth-order valence-electron chi connectivity index (χ4n) is 2.34. The van der Waals surface area contributed by atoms with E-state index in [1.165, 1.54) is 29.2 Å². The normalized spacial score (nSPS) is 24.8. The van der Waals surface area contributed by atoms with Gasteiger partial charge in [-0.3, -0.25) is 14.7 Å². The second-order valence-electron chi connectivity index (χ2n) is 5.02. The summed E-state index contributed by atoms with van der Waals surface area (Å²) in [5.41, 5.74) is 0.310. The van der Waals surface area contributed by atoms with E-state index < -0.39 is 18.1 Å². The minimum absolute atomic E-state index is 0.275. The highest BCUT2D eigenvalue weighted by Crippen LogP contribution is 2.29. The second kappa shape index (κ2) is 5.40. The van der Waals surface area contributed by atoms with Crippen LogP contribution in [0.15, 0.2) is 24.5 Å². The number of carbonyl (C=O) groups excluding carboxylic acids is 1. The van der Waals surface area contributed by atoms with Gasteiger partial charge in [-0.15, -0.1) is 0 Å². The molecule has 0 radical (unpaired) electrons. The van der Waals surface area contributed by atoms with Crippen molar-refractivity contribution in [3.8, 4) is 0 Å². The quantitative estimate of drug-likeness (QED) is 0.790. The molecule has 0 spiro atoms. The Kier molecular flexibility index (Phi) is 3.99. The molecular weight excluding hydrogens is 271 g/mol. The van der Waals surface area contributed by atoms with Crippen LogP contribution in [0, 0.1) is 0 Å². The van der Waals surface area contributed by atoms with Crippen LogP contribution < -0.4 is 0 Å². The van der Waals surface area contributed by atoms with Crippen LogP contribution in [0.25, 0.3) is 0 Å². The number of halogens is 3. The number of rotatable bonds is 1. The summed E-state index contributed by atoms with van der Waals surface area (Å²) in [4.78, 5) is 18.6. The van der Waals surface area contributed by atoms with Gasteiger partial charge in [-0.05, 0) is 26.1 Å². The lowest BCUT2D eigenvalue weighted by atomic mass is 10.1. The first kappa shape index (κ1) is 14.8. The van der Waals surface area contributed by atoms with Gasteiger partial charge in [-0.1, -0.05) is 0 Å². The van der Waals surface area contributed by atoms with Gasteiger partial charge in [0.1, 0.15) is 6.04 Å². The first-order valence-corrected chi connectivity index (χ1v) is 6.28. The van der Waals surface area contributed by atoms with Crippen LogP contribution in [0.2, 0.25) is 0 Å². The monoisotopic (exact) mass is 287 g/mol. The number of nitrogens with zero attached hydrogens (tertiary/aromatic N) is 3. The molecule has 1 aliphatic rings. The van der Waals surface area contributed by atoms with Gasteiger partial charge >= 0.3 is 6.18 Å². The van der Waals surface area contributed by atoms with Crippen LogP contribution in [-0.2, 0) is 0 Å². The molecule has 4 nitrogen and oxygen atoms in total. The molecule has 7 heteroatoms. The van der Waals surface area contributed by atoms with E-state index in [1.807, 2.05) is 0 Å². The summed E-state index contributed by atoms with van der Waals surface area (Å²) in [6.45, 7) is 1.61. The smallest absolute Gasteiger partial charge is 0.335 e. The SMILES string of the molecule is CC1CN(C(=O)c2cccnc2)CC(C(F)(F)F)N1C. The molecular formula is C13H16F3N3O. The Labute approximate surface area is 115 Å². The van der Waals surface area contributed by atoms with Gasteiger partial charge in [0, 0.05) is 31.5 Å². The molecule has 2 heterocycles. The van der Waals surface area contributed by atoms with Gasteiger partial charge in [-0.2, -0.15) is 13.2 Å². The Morgan fingerprint density at radius 3 is 2.65 bits per heavy atom. The van der Waals surface area contributed by atoms with Crippen LogP contribution in [0.5, 0.6) is 0 Å². The molecule has 2 atom stereocenters. The van der Waals surface area contributed by atoms with Crippen molar-refractivity contribution in [1.29, 1.82) is 0 Å². The predicted molar refractivity (Wildman–Crippen MR) is 67.2 cm³/mol. The number of alkyl halides is 3. The Hall–Kier alpha value is -1.63. The molecule has 0 N–H and O–H groups in total. The van der Waals surface area contributed by atoms with Gasteiger partial charge in [0.05, 0.1) is 5.56 Å². The zero-order valence-electron chi connectivity index (χ0n) is 11.3. The lowest BCUT2D eigenvalue weighted by Crippen LogP contribution is -2.62. The molecule has 0 aromatic carbocycles. The van der Waals surface area contributed by atoms with E-state index in [0.29, 0.717) is 5.56 Å². The zero-order valence-corrected chi connectivity index (χ0v) is 11.3. The lowest BCUT2D eigenvalue weighted by Gasteiger charge is -2.44. The summed E-state index contributed by atoms with van der Waals surface area (Å²) in [6, 6.07) is 1.16. The summed E-state index contributed by atoms with van der Waals surface area (Å²) < 4.78 is 39.0. The number of hydrogen-bond acceptors (Lipinski definition) is 3. The average molecular weight is 287 g/mol. The maximum Gasteiger partial charge on any atom is 0.405 e. The Morgan fingerprint density at radius 2 is 2.10 bits per heavy atom. The van der Waals surface area contributed by atoms with E-state index in [-0.39, 0.29) is 19.1 Å². The number of pyridine rings is 1. The minimum Gasteiger partial charge on any atom is -0.335 e. The maximum absolute atomic E-state index is 13.0. The van der Waals surface area contributed by atoms with Crippen molar-refractivity contribution >= 4 is 5.91 Å². The first-order chi connectivity index (χ1) is 9.30. The molecule has 1 fully saturated rings. The molecule has 1 saturated heterocycles. The Morgan fingerprint density at radius 1 is 1.40 bits per heavy atom. The Bertz CT molecular complexity index is 477. The number of carbonyl (C=O) groups is 1. The molecule has 110 valence electrons. The highest BCUT2D eigenvalue weighted by molar-refractivity contribution is 5.94. The van der Waals surface area contributed by atoms with Gasteiger partial charge in [0.15, 0.2) is 0 Å². The van der Waals surface area contributed by atoms with Crippen molar-refractivity contribution in [2.24, 2.45) is 0 Å². The van der Waals surface area contributed by atoms with Crippen molar-refractivity contribution < 1.29 is 18.0 Å². The van der Waals surface area contributed by atoms with Crippen molar-refractivity contribution in [3.05, 3.63) is 30.1 Å². The fourth-order valence-corrected chi connectivity index (χ4v) is 2.34. The van der Waals surface area contributed by atoms with Crippen molar-refractivity contribution in [1.82, 2.24) is 14.8 Å². The largest absolute Gasteiger partial charge is 0.405 e. The molecule has 2 unspecified atom stereocenters. The van der Waals surface area contributed by atoms with Gasteiger partial charge in [0.2, 0.25) is 0 Å². The van der Waals surface area contributed by atoms with Crippen LogP contribution in [-0.4, -0.2) is 59.1 Å². The molecule has 20 heavy (non-hydrogen) atoms. The van der Waals surface area contributed by atoms with Gasteiger partial charge < -0.3 is 4.90 Å². The number of piperazine rings is 1. The van der Waals surface area contributed by atoms with E-state index in [4.69, 9.17) is 0 Å². The molecule has 1 amide bonds. The predicted octanol–water partition coefficient (Wildman–Crippen LogP) is 1.79. The summed E-state index contributed by atoms with van der Waals surface area (Å²) >= 11 is 0. The van der Waals surface area contributed by atoms with Crippen LogP contribution in [0.1, 0.15) is 17.3 Å². The van der Waals surface area contributed by atoms with Crippen LogP contribution >= 0.6 is 0 Å². The van der Waals surface area contributed by atoms with Crippen molar-refractivity contribution in [3.63, 3.8) is 0 Å². The number of likely N-dealkylation sites (N-methyl/N-ethyl adjacent to an activating group) is 1. The summed E-state index contributed by atoms with van der Waals surface area (Å²) in [5.74, 6) is -0.410. The maximum atomic E-state index is 13.0. The second-order valence-corrected chi connectivity index (χ2v) is 5.02. The minimum atomic E-state index is -4.35. The van der Waals surface area contributed by atoms with Crippen molar-refractivity contribution in [2.45, 2.75) is 25.2 Å². The van der Waals surface area contributed by atoms with E-state index >= 15 is 0 Å². The van der Waals surface area contributed by atoms with Crippen LogP contribution in [0.3, 0.4) is 0 Å². The average Bonchev–Trinajstić information content (AvgIpc) is 2.40. The third-order valence-corrected chi connectivity index (χ3v) is 3.64. The molecule has 1 aromatic rings. The first-order valence-electron chi connectivity index (χ1n) is 6.28. The van der Waals surface area contributed by atoms with E-state index in [2.05, 4.69) is 4.98 Å². The highest BCUT2D eigenvalue weighted by Gasteiger charge is 2.47. The van der Waals surface area contributed by atoms with E-state index in [1.54, 1.807) is 19.1 Å². The number of amides is 1. The molecule has 1 aromatic heterocycles. The van der Waals surface area contributed by atoms with Crippen LogP contribution in [0.4, 0.5) is 13.2 Å². The fraction of sp³-hybridized carbons (Fsp3) is 0.538. The molecule has 0 saturated carbocycles. The molecule has 0 aliphatic carbocycles. The van der Waals surface area contributed by atoms with E-state index in [0.717, 1.165) is 0 Å². The van der Waals surface area contributed by atoms with Gasteiger partial charge in [0.25, 0.3) is 5.91 Å². The topological polar surface area (TPSA) is 36.4 Å². The summed E-state index contributed by atoms with van der Waals surface area (Å²) in [7, 11) is 1.44. The Balaban J connectivity index is 2.19. The van der Waals surface area contributed by atoms with E-state index in [9.17, 15) is 18.0 Å². The summed E-state index contributed by atoms with van der Waals surface area (Å²) in [6.07, 6.45) is -1.47.